The molecule has 3 heterocycles. The molecule has 1 N–H and O–H groups in total. The van der Waals surface area contributed by atoms with E-state index in [1.54, 1.807) is 12.3 Å². The van der Waals surface area contributed by atoms with Crippen molar-refractivity contribution in [3.8, 4) is 16.3 Å². The minimum Gasteiger partial charge on any atom is -0.493 e. The van der Waals surface area contributed by atoms with Crippen LogP contribution in [0.4, 0.5) is 5.13 Å². The number of hydrogen-bond donors (Lipinski definition) is 1. The van der Waals surface area contributed by atoms with Gasteiger partial charge in [0.25, 0.3) is 5.91 Å². The van der Waals surface area contributed by atoms with Crippen molar-refractivity contribution in [3.63, 3.8) is 0 Å². The number of fused-ring (bicyclic) bond motifs is 1. The molecule has 0 atom stereocenters. The van der Waals surface area contributed by atoms with Crippen LogP contribution in [-0.4, -0.2) is 26.9 Å². The highest BCUT2D eigenvalue weighted by atomic mass is 32.1. The van der Waals surface area contributed by atoms with E-state index in [1.807, 2.05) is 13.0 Å². The van der Waals surface area contributed by atoms with Gasteiger partial charge in [0, 0.05) is 28.9 Å². The molecule has 2 aromatic heterocycles. The highest BCUT2D eigenvalue weighted by molar-refractivity contribution is 7.13. The predicted molar refractivity (Wildman–Crippen MR) is 94.1 cm³/mol. The molecule has 8 heteroatoms. The summed E-state index contributed by atoms with van der Waals surface area (Å²) in [5, 5.41) is 5.81. The average molecular weight is 358 g/mol. The number of rotatable bonds is 3. The molecule has 0 unspecified atom stereocenters. The number of carbonyl (C=O) groups excluding carboxylic acids is 1. The molecule has 122 valence electrons. The summed E-state index contributed by atoms with van der Waals surface area (Å²) in [6, 6.07) is 4.16. The first kappa shape index (κ1) is 15.2. The SMILES string of the molecule is Cc1nsc(NC(=O)c2csc(-c3cc4c(cc3C)OCC4)n2)n1. The normalized spacial score (nSPS) is 12.8. The van der Waals surface area contributed by atoms with Gasteiger partial charge in [-0.3, -0.25) is 10.1 Å². The zero-order valence-corrected chi connectivity index (χ0v) is 14.8. The maximum atomic E-state index is 12.3. The number of aryl methyl sites for hydroxylation is 2. The Morgan fingerprint density at radius 3 is 2.96 bits per heavy atom. The van der Waals surface area contributed by atoms with Crippen molar-refractivity contribution < 1.29 is 9.53 Å². The van der Waals surface area contributed by atoms with Crippen LogP contribution in [0, 0.1) is 13.8 Å². The first-order valence-electron chi connectivity index (χ1n) is 7.44. The fourth-order valence-corrected chi connectivity index (χ4v) is 4.02. The largest absolute Gasteiger partial charge is 0.493 e. The summed E-state index contributed by atoms with van der Waals surface area (Å²) in [7, 11) is 0. The van der Waals surface area contributed by atoms with E-state index in [9.17, 15) is 4.79 Å². The van der Waals surface area contributed by atoms with E-state index >= 15 is 0 Å². The molecule has 0 radical (unpaired) electrons. The number of anilines is 1. The summed E-state index contributed by atoms with van der Waals surface area (Å²) in [5.74, 6) is 1.33. The molecule has 0 spiro atoms. The van der Waals surface area contributed by atoms with Crippen molar-refractivity contribution in [2.75, 3.05) is 11.9 Å². The van der Waals surface area contributed by atoms with Crippen LogP contribution in [0.1, 0.15) is 27.4 Å². The Hall–Kier alpha value is -2.32. The molecule has 4 rings (SSSR count). The number of ether oxygens (including phenoxy) is 1. The number of thiazole rings is 1. The molecule has 24 heavy (non-hydrogen) atoms. The fraction of sp³-hybridized carbons (Fsp3) is 0.250. The molecule has 0 saturated heterocycles. The van der Waals surface area contributed by atoms with Crippen LogP contribution in [0.3, 0.4) is 0 Å². The third-order valence-electron chi connectivity index (χ3n) is 3.75. The van der Waals surface area contributed by atoms with Crippen molar-refractivity contribution in [2.45, 2.75) is 20.3 Å². The predicted octanol–water partition coefficient (Wildman–Crippen LogP) is 3.47. The third kappa shape index (κ3) is 2.78. The lowest BCUT2D eigenvalue weighted by Gasteiger charge is -2.06. The molecule has 3 aromatic rings. The summed E-state index contributed by atoms with van der Waals surface area (Å²) in [6.45, 7) is 4.54. The second kappa shape index (κ2) is 5.95. The Bertz CT molecular complexity index is 932. The van der Waals surface area contributed by atoms with Crippen LogP contribution in [0.5, 0.6) is 5.75 Å². The molecular weight excluding hydrogens is 344 g/mol. The number of benzene rings is 1. The fourth-order valence-electron chi connectivity index (χ4n) is 2.57. The standard InChI is InChI=1S/C16H14N4O2S2/c1-8-5-13-10(3-4-22-13)6-11(8)15-18-12(7-23-15)14(21)19-16-17-9(2)20-24-16/h5-7H,3-4H2,1-2H3,(H,17,19,20,21). The summed E-state index contributed by atoms with van der Waals surface area (Å²) in [4.78, 5) is 20.9. The summed E-state index contributed by atoms with van der Waals surface area (Å²) < 4.78 is 9.64. The highest BCUT2D eigenvalue weighted by Gasteiger charge is 2.18. The lowest BCUT2D eigenvalue weighted by molar-refractivity contribution is 0.102. The number of amides is 1. The van der Waals surface area contributed by atoms with Gasteiger partial charge < -0.3 is 4.74 Å². The van der Waals surface area contributed by atoms with E-state index in [4.69, 9.17) is 4.74 Å². The van der Waals surface area contributed by atoms with Crippen LogP contribution >= 0.6 is 22.9 Å². The summed E-state index contributed by atoms with van der Waals surface area (Å²) in [6.07, 6.45) is 0.914. The van der Waals surface area contributed by atoms with Crippen LogP contribution in [0.25, 0.3) is 10.6 Å². The van der Waals surface area contributed by atoms with Gasteiger partial charge in [0.15, 0.2) is 0 Å². The molecule has 1 aromatic carbocycles. The highest BCUT2D eigenvalue weighted by Crippen LogP contribution is 2.35. The number of carbonyl (C=O) groups is 1. The second-order valence-electron chi connectivity index (χ2n) is 5.51. The van der Waals surface area contributed by atoms with E-state index in [2.05, 4.69) is 25.7 Å². The zero-order chi connectivity index (χ0) is 16.7. The van der Waals surface area contributed by atoms with Crippen molar-refractivity contribution in [3.05, 3.63) is 40.2 Å². The number of nitrogens with one attached hydrogen (secondary N) is 1. The third-order valence-corrected chi connectivity index (χ3v) is 5.35. The van der Waals surface area contributed by atoms with E-state index < -0.39 is 0 Å². The minimum atomic E-state index is -0.268. The monoisotopic (exact) mass is 358 g/mol. The van der Waals surface area contributed by atoms with Crippen molar-refractivity contribution >= 4 is 33.9 Å². The van der Waals surface area contributed by atoms with Gasteiger partial charge in [0.2, 0.25) is 5.13 Å². The van der Waals surface area contributed by atoms with Gasteiger partial charge in [-0.15, -0.1) is 11.3 Å². The quantitative estimate of drug-likeness (QED) is 0.776. The molecule has 0 saturated carbocycles. The summed E-state index contributed by atoms with van der Waals surface area (Å²) in [5.41, 5.74) is 3.73. The minimum absolute atomic E-state index is 0.268. The van der Waals surface area contributed by atoms with Gasteiger partial charge in [-0.2, -0.15) is 4.37 Å². The van der Waals surface area contributed by atoms with Gasteiger partial charge in [0.05, 0.1) is 6.61 Å². The average Bonchev–Trinajstić information content (AvgIpc) is 3.26. The van der Waals surface area contributed by atoms with Crippen LogP contribution in [-0.2, 0) is 6.42 Å². The Morgan fingerprint density at radius 2 is 2.17 bits per heavy atom. The molecule has 1 aliphatic rings. The smallest absolute Gasteiger partial charge is 0.276 e. The maximum Gasteiger partial charge on any atom is 0.276 e. The van der Waals surface area contributed by atoms with Crippen molar-refractivity contribution in [2.24, 2.45) is 0 Å². The van der Waals surface area contributed by atoms with Gasteiger partial charge in [-0.1, -0.05) is 0 Å². The van der Waals surface area contributed by atoms with E-state index in [1.165, 1.54) is 16.9 Å². The van der Waals surface area contributed by atoms with Crippen LogP contribution in [0.2, 0.25) is 0 Å². The molecule has 0 aliphatic carbocycles. The van der Waals surface area contributed by atoms with E-state index in [-0.39, 0.29) is 5.91 Å². The molecule has 0 bridgehead atoms. The van der Waals surface area contributed by atoms with Crippen LogP contribution < -0.4 is 10.1 Å². The van der Waals surface area contributed by atoms with E-state index in [0.29, 0.717) is 16.6 Å². The molecular formula is C16H14N4O2S2. The number of aromatic nitrogens is 3. The summed E-state index contributed by atoms with van der Waals surface area (Å²) >= 11 is 2.62. The van der Waals surface area contributed by atoms with Gasteiger partial charge in [0.1, 0.15) is 22.3 Å². The molecule has 6 nitrogen and oxygen atoms in total. The first-order chi connectivity index (χ1) is 11.6. The Labute approximate surface area is 146 Å². The van der Waals surface area contributed by atoms with Crippen LogP contribution in [0.15, 0.2) is 17.5 Å². The topological polar surface area (TPSA) is 77.0 Å². The Kier molecular flexibility index (Phi) is 3.78. The van der Waals surface area contributed by atoms with Gasteiger partial charge >= 0.3 is 0 Å². The molecule has 1 amide bonds. The van der Waals surface area contributed by atoms with Crippen molar-refractivity contribution in [1.29, 1.82) is 0 Å². The first-order valence-corrected chi connectivity index (χ1v) is 9.09. The molecule has 1 aliphatic heterocycles. The Balaban J connectivity index is 1.60. The van der Waals surface area contributed by atoms with Gasteiger partial charge in [-0.25, -0.2) is 9.97 Å². The number of nitrogens with zero attached hydrogens (tertiary/aromatic N) is 3. The number of hydrogen-bond acceptors (Lipinski definition) is 7. The Morgan fingerprint density at radius 1 is 1.29 bits per heavy atom. The lowest BCUT2D eigenvalue weighted by Crippen LogP contribution is -2.12. The van der Waals surface area contributed by atoms with Crippen molar-refractivity contribution in [1.82, 2.24) is 14.3 Å². The molecule has 0 fully saturated rings. The zero-order valence-electron chi connectivity index (χ0n) is 13.1. The van der Waals surface area contributed by atoms with E-state index in [0.717, 1.165) is 46.4 Å². The second-order valence-corrected chi connectivity index (χ2v) is 7.12. The maximum absolute atomic E-state index is 12.3. The van der Waals surface area contributed by atoms with Gasteiger partial charge in [-0.05, 0) is 37.1 Å². The lowest BCUT2D eigenvalue weighted by atomic mass is 10.0.